The summed E-state index contributed by atoms with van der Waals surface area (Å²) >= 11 is 0. The van der Waals surface area contributed by atoms with Crippen LogP contribution < -0.4 is 5.32 Å². The van der Waals surface area contributed by atoms with Crippen LogP contribution in [0.4, 0.5) is 0 Å². The van der Waals surface area contributed by atoms with E-state index in [9.17, 15) is 0 Å². The molecule has 0 saturated carbocycles. The van der Waals surface area contributed by atoms with E-state index in [0.29, 0.717) is 6.04 Å². The van der Waals surface area contributed by atoms with Crippen molar-refractivity contribution in [1.29, 1.82) is 0 Å². The van der Waals surface area contributed by atoms with E-state index in [1.54, 1.807) is 0 Å². The smallest absolute Gasteiger partial charge is 0.157 e. The number of rotatable bonds is 3. The van der Waals surface area contributed by atoms with Crippen molar-refractivity contribution in [3.8, 4) is 0 Å². The molecule has 0 bridgehead atoms. The topological polar surface area (TPSA) is 30.5 Å². The molecule has 1 unspecified atom stereocenters. The van der Waals surface area contributed by atoms with Crippen LogP contribution in [0, 0.1) is 0 Å². The van der Waals surface area contributed by atoms with Gasteiger partial charge in [0.25, 0.3) is 0 Å². The summed E-state index contributed by atoms with van der Waals surface area (Å²) in [5.74, 6) is 0. The van der Waals surface area contributed by atoms with E-state index in [1.807, 2.05) is 0 Å². The zero-order valence-electron chi connectivity index (χ0n) is 8.13. The van der Waals surface area contributed by atoms with Gasteiger partial charge >= 0.3 is 0 Å². The van der Waals surface area contributed by atoms with E-state index in [1.165, 1.54) is 25.7 Å². The molecule has 13 heavy (non-hydrogen) atoms. The van der Waals surface area contributed by atoms with Crippen LogP contribution in [0.5, 0.6) is 0 Å². The SMILES string of the molecule is C1CCC(OC[C@@H]2CCCN2)OC1. The third kappa shape index (κ3) is 2.93. The minimum atomic E-state index is 0.0798. The molecule has 0 aliphatic carbocycles. The maximum absolute atomic E-state index is 5.68. The van der Waals surface area contributed by atoms with Gasteiger partial charge in [0, 0.05) is 12.6 Å². The van der Waals surface area contributed by atoms with Crippen LogP contribution in [0.3, 0.4) is 0 Å². The molecule has 1 N–H and O–H groups in total. The van der Waals surface area contributed by atoms with Crippen molar-refractivity contribution in [3.63, 3.8) is 0 Å². The molecule has 0 amide bonds. The lowest BCUT2D eigenvalue weighted by Crippen LogP contribution is -2.31. The van der Waals surface area contributed by atoms with Gasteiger partial charge < -0.3 is 14.8 Å². The highest BCUT2D eigenvalue weighted by Gasteiger charge is 2.18. The van der Waals surface area contributed by atoms with E-state index in [0.717, 1.165) is 26.2 Å². The van der Waals surface area contributed by atoms with Crippen molar-refractivity contribution in [3.05, 3.63) is 0 Å². The van der Waals surface area contributed by atoms with Gasteiger partial charge in [-0.05, 0) is 38.6 Å². The fraction of sp³-hybridized carbons (Fsp3) is 1.00. The summed E-state index contributed by atoms with van der Waals surface area (Å²) < 4.78 is 11.2. The van der Waals surface area contributed by atoms with Gasteiger partial charge in [-0.15, -0.1) is 0 Å². The zero-order chi connectivity index (χ0) is 8.93. The quantitative estimate of drug-likeness (QED) is 0.718. The van der Waals surface area contributed by atoms with E-state index in [2.05, 4.69) is 5.32 Å². The Morgan fingerprint density at radius 1 is 1.23 bits per heavy atom. The molecule has 2 saturated heterocycles. The van der Waals surface area contributed by atoms with Crippen molar-refractivity contribution < 1.29 is 9.47 Å². The second kappa shape index (κ2) is 4.94. The van der Waals surface area contributed by atoms with Crippen molar-refractivity contribution >= 4 is 0 Å². The van der Waals surface area contributed by atoms with Gasteiger partial charge in [-0.25, -0.2) is 0 Å². The van der Waals surface area contributed by atoms with Crippen LogP contribution in [-0.2, 0) is 9.47 Å². The zero-order valence-corrected chi connectivity index (χ0v) is 8.13. The highest BCUT2D eigenvalue weighted by molar-refractivity contribution is 4.73. The summed E-state index contributed by atoms with van der Waals surface area (Å²) in [5.41, 5.74) is 0. The maximum Gasteiger partial charge on any atom is 0.157 e. The summed E-state index contributed by atoms with van der Waals surface area (Å²) in [6, 6.07) is 0.575. The van der Waals surface area contributed by atoms with Gasteiger partial charge in [-0.3, -0.25) is 0 Å². The van der Waals surface area contributed by atoms with E-state index in [-0.39, 0.29) is 6.29 Å². The molecule has 0 aromatic carbocycles. The van der Waals surface area contributed by atoms with E-state index >= 15 is 0 Å². The number of ether oxygens (including phenoxy) is 2. The molecule has 0 aromatic heterocycles. The van der Waals surface area contributed by atoms with Gasteiger partial charge in [-0.2, -0.15) is 0 Å². The second-order valence-corrected chi connectivity index (χ2v) is 3.92. The lowest BCUT2D eigenvalue weighted by molar-refractivity contribution is -0.165. The average molecular weight is 185 g/mol. The van der Waals surface area contributed by atoms with E-state index < -0.39 is 0 Å². The molecule has 76 valence electrons. The van der Waals surface area contributed by atoms with E-state index in [4.69, 9.17) is 9.47 Å². The largest absolute Gasteiger partial charge is 0.353 e. The molecule has 2 aliphatic rings. The molecule has 2 atom stereocenters. The number of nitrogens with one attached hydrogen (secondary N) is 1. The molecule has 0 spiro atoms. The van der Waals surface area contributed by atoms with Gasteiger partial charge in [-0.1, -0.05) is 0 Å². The Bertz CT molecular complexity index is 140. The number of hydrogen-bond acceptors (Lipinski definition) is 3. The fourth-order valence-electron chi connectivity index (χ4n) is 1.97. The first-order chi connectivity index (χ1) is 6.45. The predicted octanol–water partition coefficient (Wildman–Crippen LogP) is 1.28. The Balaban J connectivity index is 1.60. The molecule has 2 aliphatic heterocycles. The van der Waals surface area contributed by atoms with Crippen LogP contribution >= 0.6 is 0 Å². The lowest BCUT2D eigenvalue weighted by atomic mass is 10.2. The minimum Gasteiger partial charge on any atom is -0.353 e. The molecular weight excluding hydrogens is 166 g/mol. The van der Waals surface area contributed by atoms with Gasteiger partial charge in [0.1, 0.15) is 0 Å². The van der Waals surface area contributed by atoms with Crippen molar-refractivity contribution in [2.75, 3.05) is 19.8 Å². The Hall–Kier alpha value is -0.120. The Morgan fingerprint density at radius 3 is 2.92 bits per heavy atom. The van der Waals surface area contributed by atoms with Crippen molar-refractivity contribution in [2.24, 2.45) is 0 Å². The van der Waals surface area contributed by atoms with Crippen LogP contribution in [0.1, 0.15) is 32.1 Å². The van der Waals surface area contributed by atoms with Gasteiger partial charge in [0.2, 0.25) is 0 Å². The monoisotopic (exact) mass is 185 g/mol. The first-order valence-corrected chi connectivity index (χ1v) is 5.42. The summed E-state index contributed by atoms with van der Waals surface area (Å²) in [7, 11) is 0. The molecule has 0 aromatic rings. The molecule has 3 nitrogen and oxygen atoms in total. The molecular formula is C10H19NO2. The predicted molar refractivity (Wildman–Crippen MR) is 50.6 cm³/mol. The Morgan fingerprint density at radius 2 is 2.23 bits per heavy atom. The summed E-state index contributed by atoms with van der Waals surface area (Å²) in [6.45, 7) is 2.85. The van der Waals surface area contributed by atoms with Gasteiger partial charge in [0.15, 0.2) is 6.29 Å². The molecule has 2 rings (SSSR count). The van der Waals surface area contributed by atoms with Gasteiger partial charge in [0.05, 0.1) is 6.61 Å². The second-order valence-electron chi connectivity index (χ2n) is 3.92. The number of hydrogen-bond donors (Lipinski definition) is 1. The summed E-state index contributed by atoms with van der Waals surface area (Å²) in [4.78, 5) is 0. The molecule has 3 heteroatoms. The van der Waals surface area contributed by atoms with Crippen LogP contribution in [0.15, 0.2) is 0 Å². The lowest BCUT2D eigenvalue weighted by Gasteiger charge is -2.24. The Labute approximate surface area is 79.8 Å². The Kier molecular flexibility index (Phi) is 3.58. The third-order valence-corrected chi connectivity index (χ3v) is 2.78. The molecule has 0 radical (unpaired) electrons. The molecule has 2 heterocycles. The van der Waals surface area contributed by atoms with Crippen molar-refractivity contribution in [2.45, 2.75) is 44.4 Å². The maximum atomic E-state index is 5.68. The van der Waals surface area contributed by atoms with Crippen LogP contribution in [-0.4, -0.2) is 32.1 Å². The first kappa shape index (κ1) is 9.44. The van der Waals surface area contributed by atoms with Crippen LogP contribution in [0.25, 0.3) is 0 Å². The highest BCUT2D eigenvalue weighted by atomic mass is 16.7. The fourth-order valence-corrected chi connectivity index (χ4v) is 1.97. The average Bonchev–Trinajstić information content (AvgIpc) is 2.69. The standard InChI is InChI=1S/C10H19NO2/c1-2-7-12-10(5-1)13-8-9-4-3-6-11-9/h9-11H,1-8H2/t9-,10?/m0/s1. The summed E-state index contributed by atoms with van der Waals surface area (Å²) in [5, 5.41) is 3.42. The normalized spacial score (nSPS) is 35.1. The minimum absolute atomic E-state index is 0.0798. The summed E-state index contributed by atoms with van der Waals surface area (Å²) in [6.07, 6.45) is 6.15. The first-order valence-electron chi connectivity index (χ1n) is 5.42. The highest BCUT2D eigenvalue weighted by Crippen LogP contribution is 2.15. The molecule has 2 fully saturated rings. The van der Waals surface area contributed by atoms with Crippen molar-refractivity contribution in [1.82, 2.24) is 5.32 Å². The van der Waals surface area contributed by atoms with Crippen LogP contribution in [0.2, 0.25) is 0 Å². The third-order valence-electron chi connectivity index (χ3n) is 2.78.